The first kappa shape index (κ1) is 23.4. The number of fused-ring (bicyclic) bond motifs is 4. The summed E-state index contributed by atoms with van der Waals surface area (Å²) in [6.07, 6.45) is 8.31. The average Bonchev–Trinajstić information content (AvgIpc) is 3.52. The third-order valence-electron chi connectivity index (χ3n) is 7.91. The van der Waals surface area contributed by atoms with Crippen LogP contribution in [0, 0.1) is 5.92 Å². The summed E-state index contributed by atoms with van der Waals surface area (Å²) in [6.45, 7) is 2.03. The number of aliphatic carboxylic acids is 1. The van der Waals surface area contributed by atoms with Crippen molar-refractivity contribution in [2.45, 2.75) is 64.0 Å². The van der Waals surface area contributed by atoms with Gasteiger partial charge in [-0.3, -0.25) is 9.69 Å². The van der Waals surface area contributed by atoms with E-state index in [0.29, 0.717) is 19.3 Å². The highest BCUT2D eigenvalue weighted by atomic mass is 16.5. The van der Waals surface area contributed by atoms with Crippen molar-refractivity contribution < 1.29 is 19.4 Å². The number of imidazole rings is 1. The molecule has 0 radical (unpaired) electrons. The third-order valence-corrected chi connectivity index (χ3v) is 7.91. The number of rotatable bonds is 4. The second kappa shape index (κ2) is 9.17. The molecule has 10 heteroatoms. The average molecular weight is 503 g/mol. The molecule has 4 aromatic rings. The number of benzene rings is 1. The number of carboxylic acid groups (broad SMARTS) is 1. The monoisotopic (exact) mass is 502 g/mol. The van der Waals surface area contributed by atoms with E-state index in [1.165, 1.54) is 7.11 Å². The molecule has 4 heterocycles. The summed E-state index contributed by atoms with van der Waals surface area (Å²) >= 11 is 0. The van der Waals surface area contributed by atoms with Gasteiger partial charge >= 0.3 is 12.1 Å². The van der Waals surface area contributed by atoms with Crippen LogP contribution in [0.2, 0.25) is 0 Å². The van der Waals surface area contributed by atoms with Crippen LogP contribution in [0.5, 0.6) is 0 Å². The first-order chi connectivity index (χ1) is 17.9. The van der Waals surface area contributed by atoms with Crippen molar-refractivity contribution in [1.29, 1.82) is 0 Å². The Kier molecular flexibility index (Phi) is 5.81. The number of ether oxygens (including phenoxy) is 1. The predicted molar refractivity (Wildman–Crippen MR) is 138 cm³/mol. The summed E-state index contributed by atoms with van der Waals surface area (Å²) < 4.78 is 7.31. The summed E-state index contributed by atoms with van der Waals surface area (Å²) in [5.74, 6) is -0.264. The molecule has 0 spiro atoms. The number of anilines is 1. The summed E-state index contributed by atoms with van der Waals surface area (Å²) in [5, 5.41) is 9.74. The first-order valence-corrected chi connectivity index (χ1v) is 12.9. The highest BCUT2D eigenvalue weighted by molar-refractivity contribution is 5.95. The number of amides is 1. The minimum Gasteiger partial charge on any atom is -0.481 e. The number of carbonyl (C=O) groups is 2. The molecule has 1 aromatic carbocycles. The smallest absolute Gasteiger partial charge is 0.414 e. The van der Waals surface area contributed by atoms with Crippen LogP contribution in [0.15, 0.2) is 30.6 Å². The van der Waals surface area contributed by atoms with Gasteiger partial charge in [-0.1, -0.05) is 6.42 Å². The number of methoxy groups -OCH3 is 1. The van der Waals surface area contributed by atoms with Crippen molar-refractivity contribution in [1.82, 2.24) is 24.5 Å². The lowest BCUT2D eigenvalue weighted by atomic mass is 9.85. The van der Waals surface area contributed by atoms with Crippen LogP contribution in [0.4, 0.5) is 10.5 Å². The molecule has 192 valence electrons. The molecule has 0 unspecified atom stereocenters. The number of carboxylic acids is 1. The fourth-order valence-electron chi connectivity index (χ4n) is 6.09. The van der Waals surface area contributed by atoms with E-state index >= 15 is 0 Å². The van der Waals surface area contributed by atoms with Gasteiger partial charge in [0.2, 0.25) is 0 Å². The number of aromatic amines is 1. The standard InChI is InChI=1S/C27H30N6O4/c1-15-6-7-19-21(32(15)27(36)37-2)8-9-22-24(19)31-23(13-17-14-29-25-20(30-17)10-11-28-25)33(22)18-5-3-4-16(12-18)26(34)35/h8-11,14-16,18H,3-7,12-13H2,1-2H3,(H,28,29)(H,34,35)/t15-,16+,18+/m0/s1. The number of aryl methyl sites for hydroxylation is 1. The number of H-pyrrole nitrogens is 1. The lowest BCUT2D eigenvalue weighted by Gasteiger charge is -2.34. The Morgan fingerprint density at radius 2 is 2.05 bits per heavy atom. The molecule has 1 amide bonds. The summed E-state index contributed by atoms with van der Waals surface area (Å²) in [6, 6.07) is 5.94. The van der Waals surface area contributed by atoms with Crippen LogP contribution in [-0.2, 0) is 22.4 Å². The molecule has 1 saturated carbocycles. The van der Waals surface area contributed by atoms with Crippen molar-refractivity contribution in [3.05, 3.63) is 47.7 Å². The molecule has 37 heavy (non-hydrogen) atoms. The van der Waals surface area contributed by atoms with E-state index in [1.807, 2.05) is 31.3 Å². The molecule has 1 aliphatic carbocycles. The van der Waals surface area contributed by atoms with Crippen molar-refractivity contribution >= 4 is 39.9 Å². The zero-order chi connectivity index (χ0) is 25.7. The van der Waals surface area contributed by atoms with E-state index in [1.54, 1.807) is 11.1 Å². The normalized spacial score (nSPS) is 21.8. The van der Waals surface area contributed by atoms with Gasteiger partial charge in [0, 0.05) is 30.3 Å². The lowest BCUT2D eigenvalue weighted by molar-refractivity contribution is -0.143. The quantitative estimate of drug-likeness (QED) is 0.417. The SMILES string of the molecule is COC(=O)N1c2ccc3c(nc(Cc4cnc5[nH]ccc5n4)n3[C@@H]3CCC[C@@H](C(=O)O)C3)c2CC[C@@H]1C. The number of nitrogens with zero attached hydrogens (tertiary/aromatic N) is 5. The van der Waals surface area contributed by atoms with E-state index in [2.05, 4.69) is 14.5 Å². The highest BCUT2D eigenvalue weighted by Crippen LogP contribution is 2.40. The van der Waals surface area contributed by atoms with Crippen LogP contribution in [0.25, 0.3) is 22.2 Å². The second-order valence-electron chi connectivity index (χ2n) is 10.2. The van der Waals surface area contributed by atoms with Gasteiger partial charge in [0.1, 0.15) is 11.3 Å². The Hall–Kier alpha value is -3.95. The minimum atomic E-state index is -0.737. The summed E-state index contributed by atoms with van der Waals surface area (Å²) in [5.41, 5.74) is 6.02. The molecule has 3 atom stereocenters. The largest absolute Gasteiger partial charge is 0.481 e. The molecule has 1 aliphatic heterocycles. The topological polar surface area (TPSA) is 126 Å². The van der Waals surface area contributed by atoms with E-state index in [-0.39, 0.29) is 24.1 Å². The van der Waals surface area contributed by atoms with Gasteiger partial charge in [-0.05, 0) is 57.2 Å². The molecule has 2 N–H and O–H groups in total. The molecule has 2 aliphatic rings. The van der Waals surface area contributed by atoms with Crippen LogP contribution < -0.4 is 4.90 Å². The molecule has 10 nitrogen and oxygen atoms in total. The van der Waals surface area contributed by atoms with Crippen LogP contribution in [-0.4, -0.2) is 54.8 Å². The maximum absolute atomic E-state index is 12.6. The van der Waals surface area contributed by atoms with Crippen molar-refractivity contribution in [3.8, 4) is 0 Å². The van der Waals surface area contributed by atoms with Gasteiger partial charge in [0.15, 0.2) is 5.65 Å². The van der Waals surface area contributed by atoms with E-state index in [9.17, 15) is 14.7 Å². The summed E-state index contributed by atoms with van der Waals surface area (Å²) in [4.78, 5) is 43.7. The molecule has 3 aromatic heterocycles. The third kappa shape index (κ3) is 4.00. The number of nitrogens with one attached hydrogen (secondary N) is 1. The Labute approximate surface area is 213 Å². The first-order valence-electron chi connectivity index (χ1n) is 12.9. The van der Waals surface area contributed by atoms with E-state index in [0.717, 1.165) is 70.6 Å². The van der Waals surface area contributed by atoms with Crippen molar-refractivity contribution in [3.63, 3.8) is 0 Å². The molecular formula is C27H30N6O4. The maximum Gasteiger partial charge on any atom is 0.414 e. The Morgan fingerprint density at radius 3 is 2.86 bits per heavy atom. The Morgan fingerprint density at radius 1 is 1.19 bits per heavy atom. The van der Waals surface area contributed by atoms with Crippen molar-refractivity contribution in [2.75, 3.05) is 12.0 Å². The van der Waals surface area contributed by atoms with Gasteiger partial charge < -0.3 is 19.4 Å². The number of aromatic nitrogens is 5. The number of carbonyl (C=O) groups excluding carboxylic acids is 1. The van der Waals surface area contributed by atoms with E-state index in [4.69, 9.17) is 14.7 Å². The lowest BCUT2D eigenvalue weighted by Crippen LogP contribution is -2.42. The van der Waals surface area contributed by atoms with E-state index < -0.39 is 5.97 Å². The second-order valence-corrected chi connectivity index (χ2v) is 10.2. The molecular weight excluding hydrogens is 472 g/mol. The van der Waals surface area contributed by atoms with Gasteiger partial charge in [0.25, 0.3) is 0 Å². The fourth-order valence-corrected chi connectivity index (χ4v) is 6.09. The van der Waals surface area contributed by atoms with Gasteiger partial charge in [0.05, 0.1) is 41.6 Å². The van der Waals surface area contributed by atoms with Crippen LogP contribution in [0.3, 0.4) is 0 Å². The minimum absolute atomic E-state index is 0.0241. The zero-order valence-corrected chi connectivity index (χ0v) is 21.0. The molecule has 6 rings (SSSR count). The fraction of sp³-hybridized carbons (Fsp3) is 0.444. The predicted octanol–water partition coefficient (Wildman–Crippen LogP) is 4.62. The van der Waals surface area contributed by atoms with Crippen LogP contribution in [0.1, 0.15) is 62.2 Å². The maximum atomic E-state index is 12.6. The molecule has 1 fully saturated rings. The number of hydrogen-bond donors (Lipinski definition) is 2. The van der Waals surface area contributed by atoms with Gasteiger partial charge in [-0.15, -0.1) is 0 Å². The number of hydrogen-bond acceptors (Lipinski definition) is 6. The zero-order valence-electron chi connectivity index (χ0n) is 21.0. The van der Waals surface area contributed by atoms with Gasteiger partial charge in [-0.25, -0.2) is 19.7 Å². The molecule has 0 bridgehead atoms. The van der Waals surface area contributed by atoms with Crippen molar-refractivity contribution in [2.24, 2.45) is 5.92 Å². The van der Waals surface area contributed by atoms with Gasteiger partial charge in [-0.2, -0.15) is 0 Å². The Balaban J connectivity index is 1.49. The highest BCUT2D eigenvalue weighted by Gasteiger charge is 2.34. The summed E-state index contributed by atoms with van der Waals surface area (Å²) in [7, 11) is 1.40. The molecule has 0 saturated heterocycles. The Bertz CT molecular complexity index is 1510. The van der Waals surface area contributed by atoms with Crippen LogP contribution >= 0.6 is 0 Å².